The highest BCUT2D eigenvalue weighted by molar-refractivity contribution is 7.91. The minimum atomic E-state index is -3.37. The van der Waals surface area contributed by atoms with E-state index in [0.717, 1.165) is 55.2 Å². The minimum absolute atomic E-state index is 0.0551. The number of sulfone groups is 2. The van der Waals surface area contributed by atoms with Crippen LogP contribution < -0.4 is 4.74 Å². The third-order valence-corrected chi connectivity index (χ3v) is 15.2. The first-order chi connectivity index (χ1) is 24.2. The monoisotopic (exact) mass is 742 g/mol. The average molecular weight is 743 g/mol. The van der Waals surface area contributed by atoms with Crippen LogP contribution in [0.3, 0.4) is 0 Å². The van der Waals surface area contributed by atoms with E-state index in [4.69, 9.17) is 16.3 Å². The lowest BCUT2D eigenvalue weighted by Crippen LogP contribution is -2.59. The van der Waals surface area contributed by atoms with Gasteiger partial charge in [0.05, 0.1) is 21.9 Å². The van der Waals surface area contributed by atoms with E-state index in [1.54, 1.807) is 43.5 Å². The van der Waals surface area contributed by atoms with Crippen LogP contribution in [-0.4, -0.2) is 36.5 Å². The summed E-state index contributed by atoms with van der Waals surface area (Å²) in [6, 6.07) is 27.7. The van der Waals surface area contributed by atoms with E-state index in [-0.39, 0.29) is 38.8 Å². The van der Waals surface area contributed by atoms with Gasteiger partial charge in [0.25, 0.3) is 0 Å². The highest BCUT2D eigenvalue weighted by Gasteiger charge is 2.74. The molecule has 0 radical (unpaired) electrons. The smallest absolute Gasteiger partial charge is 0.175 e. The molecule has 4 aromatic rings. The van der Waals surface area contributed by atoms with Crippen molar-refractivity contribution in [3.05, 3.63) is 136 Å². The molecule has 0 heterocycles. The van der Waals surface area contributed by atoms with Crippen LogP contribution in [0.1, 0.15) is 66.7 Å². The summed E-state index contributed by atoms with van der Waals surface area (Å²) in [5, 5.41) is 0.580. The van der Waals surface area contributed by atoms with Gasteiger partial charge in [-0.25, -0.2) is 21.2 Å². The number of halogens is 2. The van der Waals surface area contributed by atoms with Crippen LogP contribution in [0.15, 0.2) is 113 Å². The Balaban J connectivity index is 1.26. The maximum absolute atomic E-state index is 14.6. The number of allylic oxidation sites excluding steroid dienone is 4. The molecule has 4 aliphatic rings. The fraction of sp³-hybridized carbons (Fsp3) is 0.333. The lowest BCUT2D eigenvalue weighted by molar-refractivity contribution is -0.0468. The lowest BCUT2D eigenvalue weighted by atomic mass is 9.39. The maximum atomic E-state index is 14.6. The first-order valence-electron chi connectivity index (χ1n) is 17.3. The molecule has 4 aliphatic carbocycles. The van der Waals surface area contributed by atoms with Crippen molar-refractivity contribution in [1.29, 1.82) is 0 Å². The zero-order chi connectivity index (χ0) is 36.0. The summed E-state index contributed by atoms with van der Waals surface area (Å²) in [4.78, 5) is 0.583. The van der Waals surface area contributed by atoms with Gasteiger partial charge in [0.2, 0.25) is 0 Å². The second kappa shape index (κ2) is 11.9. The van der Waals surface area contributed by atoms with Crippen molar-refractivity contribution in [2.75, 3.05) is 19.6 Å². The Morgan fingerprint density at radius 2 is 1.39 bits per heavy atom. The number of methoxy groups -OCH3 is 1. The second-order valence-corrected chi connectivity index (χ2v) is 19.6. The van der Waals surface area contributed by atoms with Gasteiger partial charge in [-0.15, -0.1) is 0 Å². The van der Waals surface area contributed by atoms with Crippen LogP contribution in [0.4, 0.5) is 4.39 Å². The Hall–Kier alpha value is -3.72. The van der Waals surface area contributed by atoms with Crippen molar-refractivity contribution < 1.29 is 26.0 Å². The quantitative estimate of drug-likeness (QED) is 0.180. The minimum Gasteiger partial charge on any atom is -0.495 e. The van der Waals surface area contributed by atoms with Crippen molar-refractivity contribution in [2.24, 2.45) is 16.7 Å². The molecule has 2 spiro atoms. The lowest BCUT2D eigenvalue weighted by Gasteiger charge is -2.64. The number of ether oxygens (including phenoxy) is 1. The predicted octanol–water partition coefficient (Wildman–Crippen LogP) is 9.47. The largest absolute Gasteiger partial charge is 0.495 e. The second-order valence-electron chi connectivity index (χ2n) is 15.1. The SMILES string of the molecule is COc1ccc(C2CC23CC=C(c2ccc(S(C)(=O)=O)cc2)C3C2(c3ccc(F)cc3)CCC23CC=C(c2ccc(S(C)(=O)=O)cc2)C3)cc1Cl. The third-order valence-electron chi connectivity index (χ3n) is 12.6. The average Bonchev–Trinajstić information content (AvgIpc) is 3.42. The van der Waals surface area contributed by atoms with Crippen molar-refractivity contribution in [3.8, 4) is 5.75 Å². The molecule has 0 saturated heterocycles. The van der Waals surface area contributed by atoms with Crippen LogP contribution in [-0.2, 0) is 25.1 Å². The Kier molecular flexibility index (Phi) is 8.02. The summed E-state index contributed by atoms with van der Waals surface area (Å²) >= 11 is 6.69. The molecule has 5 unspecified atom stereocenters. The van der Waals surface area contributed by atoms with Gasteiger partial charge in [0, 0.05) is 23.8 Å². The van der Waals surface area contributed by atoms with Gasteiger partial charge in [0.15, 0.2) is 19.7 Å². The molecule has 9 heteroatoms. The first kappa shape index (κ1) is 34.4. The standard InChI is InChI=1S/C42H40ClFO5S2/c1-49-38-17-8-29(24-37(38)43)36-26-41(36)21-19-35(28-6-15-34(16-7-28)51(3,47)48)39(41)42(31-9-11-32(44)12-10-31)23-22-40(42)20-18-30(25-40)27-4-13-33(14-5-27)50(2,45)46/h4-19,24,36,39H,20-23,25-26H2,1-3H3. The van der Waals surface area contributed by atoms with Crippen LogP contribution in [0.25, 0.3) is 11.1 Å². The fourth-order valence-electron chi connectivity index (χ4n) is 10.1. The summed E-state index contributed by atoms with van der Waals surface area (Å²) in [7, 11) is -5.07. The van der Waals surface area contributed by atoms with Crippen LogP contribution in [0, 0.1) is 22.6 Å². The van der Waals surface area contributed by atoms with Crippen molar-refractivity contribution in [3.63, 3.8) is 0 Å². The molecule has 5 nitrogen and oxygen atoms in total. The highest BCUT2D eigenvalue weighted by atomic mass is 35.5. The maximum Gasteiger partial charge on any atom is 0.175 e. The molecule has 2 saturated carbocycles. The van der Waals surface area contributed by atoms with E-state index in [9.17, 15) is 21.2 Å². The molecule has 0 amide bonds. The van der Waals surface area contributed by atoms with Crippen LogP contribution in [0.5, 0.6) is 5.75 Å². The summed E-state index contributed by atoms with van der Waals surface area (Å²) in [5.41, 5.74) is 6.11. The van der Waals surface area contributed by atoms with Gasteiger partial charge in [-0.2, -0.15) is 0 Å². The zero-order valence-corrected chi connectivity index (χ0v) is 31.2. The molecule has 2 fully saturated rings. The normalized spacial score (nSPS) is 28.4. The molecule has 8 rings (SSSR count). The van der Waals surface area contributed by atoms with E-state index < -0.39 is 19.7 Å². The number of hydrogen-bond acceptors (Lipinski definition) is 5. The molecule has 0 bridgehead atoms. The zero-order valence-electron chi connectivity index (χ0n) is 28.8. The number of hydrogen-bond donors (Lipinski definition) is 0. The summed E-state index contributed by atoms with van der Waals surface area (Å²) in [6.45, 7) is 0. The Bertz CT molecular complexity index is 2330. The van der Waals surface area contributed by atoms with Gasteiger partial charge >= 0.3 is 0 Å². The summed E-state index contributed by atoms with van der Waals surface area (Å²) < 4.78 is 69.4. The Morgan fingerprint density at radius 1 is 0.765 bits per heavy atom. The molecule has 264 valence electrons. The predicted molar refractivity (Wildman–Crippen MR) is 200 cm³/mol. The van der Waals surface area contributed by atoms with Crippen LogP contribution >= 0.6 is 11.6 Å². The van der Waals surface area contributed by atoms with Gasteiger partial charge in [-0.3, -0.25) is 0 Å². The third kappa shape index (κ3) is 5.43. The number of benzene rings is 4. The fourth-order valence-corrected chi connectivity index (χ4v) is 11.6. The topological polar surface area (TPSA) is 77.5 Å². The first-order valence-corrected chi connectivity index (χ1v) is 21.5. The van der Waals surface area contributed by atoms with Gasteiger partial charge in [-0.05, 0) is 137 Å². The molecular weight excluding hydrogens is 703 g/mol. The van der Waals surface area contributed by atoms with E-state index in [2.05, 4.69) is 18.2 Å². The Labute approximate surface area is 305 Å². The molecule has 4 aromatic carbocycles. The number of rotatable bonds is 8. The van der Waals surface area contributed by atoms with Crippen molar-refractivity contribution in [2.45, 2.75) is 59.6 Å². The van der Waals surface area contributed by atoms with E-state index in [1.165, 1.54) is 29.2 Å². The molecule has 0 aliphatic heterocycles. The molecule has 0 aromatic heterocycles. The molecule has 0 N–H and O–H groups in total. The van der Waals surface area contributed by atoms with Crippen LogP contribution in [0.2, 0.25) is 5.02 Å². The Morgan fingerprint density at radius 3 is 1.94 bits per heavy atom. The molecule has 5 atom stereocenters. The summed E-state index contributed by atoms with van der Waals surface area (Å²) in [5.74, 6) is 0.656. The molecule has 51 heavy (non-hydrogen) atoms. The van der Waals surface area contributed by atoms with Gasteiger partial charge in [0.1, 0.15) is 11.6 Å². The van der Waals surface area contributed by atoms with Gasteiger partial charge < -0.3 is 4.74 Å². The van der Waals surface area contributed by atoms with Crippen molar-refractivity contribution >= 4 is 42.4 Å². The molecular formula is C42H40ClFO5S2. The van der Waals surface area contributed by atoms with E-state index in [0.29, 0.717) is 15.7 Å². The highest BCUT2D eigenvalue weighted by Crippen LogP contribution is 2.81. The van der Waals surface area contributed by atoms with E-state index >= 15 is 0 Å². The van der Waals surface area contributed by atoms with Crippen molar-refractivity contribution in [1.82, 2.24) is 0 Å². The van der Waals surface area contributed by atoms with E-state index in [1.807, 2.05) is 48.5 Å². The summed E-state index contributed by atoms with van der Waals surface area (Å²) in [6.07, 6.45) is 12.6. The van der Waals surface area contributed by atoms with Gasteiger partial charge in [-0.1, -0.05) is 66.2 Å².